The predicted octanol–water partition coefficient (Wildman–Crippen LogP) is 6.45. The second kappa shape index (κ2) is 10.8. The molecule has 0 fully saturated rings. The number of aromatic nitrogens is 1. The molecule has 1 aliphatic heterocycles. The molecule has 2 aromatic carbocycles. The molecule has 35 heavy (non-hydrogen) atoms. The number of hydrogen-bond acceptors (Lipinski definition) is 6. The summed E-state index contributed by atoms with van der Waals surface area (Å²) >= 11 is 0. The Hall–Kier alpha value is -3.61. The molecule has 7 heteroatoms. The minimum atomic E-state index is -0.431. The van der Waals surface area contributed by atoms with Crippen molar-refractivity contribution >= 4 is 5.97 Å². The number of rotatable bonds is 6. The topological polar surface area (TPSA) is 66.9 Å². The largest absolute Gasteiger partial charge is 0.492 e. The monoisotopic (exact) mass is 479 g/mol. The molecule has 0 radical (unpaired) electrons. The van der Waals surface area contributed by atoms with Crippen molar-refractivity contribution in [3.63, 3.8) is 0 Å². The van der Waals surface area contributed by atoms with E-state index in [9.17, 15) is 9.18 Å². The molecule has 2 aliphatic rings. The standard InChI is InChI=1S/C26H24FNO5.C2H6/c1-15-3-10-24(28-13-15)33-21-9-7-20(27)26-19(21)6-8-22(26)32-17-4-5-18-16(11-25(29)30-2)14-31-23(18)12-17;1-2/h3-5,7,9-10,12-13,16,22H,6,8,11,14H2,1-2H3;1-2H3/t16-,22-;/m1./s1. The molecule has 0 spiro atoms. The number of halogens is 1. The number of hydrogen-bond donors (Lipinski definition) is 0. The van der Waals surface area contributed by atoms with Crippen molar-refractivity contribution in [3.8, 4) is 23.1 Å². The van der Waals surface area contributed by atoms with Crippen molar-refractivity contribution in [3.05, 3.63) is 76.7 Å². The SMILES string of the molecule is CC.COC(=O)C[C@@H]1COc2cc(O[C@@H]3CCc4c(Oc5ccc(C)cn5)ccc(F)c43)ccc21. The van der Waals surface area contributed by atoms with E-state index in [0.717, 1.165) is 16.7 Å². The van der Waals surface area contributed by atoms with Gasteiger partial charge < -0.3 is 18.9 Å². The Morgan fingerprint density at radius 1 is 1.17 bits per heavy atom. The zero-order valence-corrected chi connectivity index (χ0v) is 20.5. The molecular weight excluding hydrogens is 449 g/mol. The summed E-state index contributed by atoms with van der Waals surface area (Å²) in [5.41, 5.74) is 3.31. The fourth-order valence-corrected chi connectivity index (χ4v) is 4.43. The molecule has 184 valence electrons. The summed E-state index contributed by atoms with van der Waals surface area (Å²) in [5, 5.41) is 0. The summed E-state index contributed by atoms with van der Waals surface area (Å²) in [6.45, 7) is 6.38. The summed E-state index contributed by atoms with van der Waals surface area (Å²) in [7, 11) is 1.38. The van der Waals surface area contributed by atoms with E-state index in [2.05, 4.69) is 4.98 Å². The number of esters is 1. The maximum absolute atomic E-state index is 14.8. The van der Waals surface area contributed by atoms with Crippen LogP contribution in [0.1, 0.15) is 61.0 Å². The van der Waals surface area contributed by atoms with E-state index >= 15 is 0 Å². The first-order valence-corrected chi connectivity index (χ1v) is 11.9. The maximum atomic E-state index is 14.8. The highest BCUT2D eigenvalue weighted by molar-refractivity contribution is 5.71. The second-order valence-electron chi connectivity index (χ2n) is 8.35. The van der Waals surface area contributed by atoms with E-state index in [1.165, 1.54) is 13.2 Å². The molecule has 2 heterocycles. The number of pyridine rings is 1. The first-order chi connectivity index (χ1) is 17.0. The Kier molecular flexibility index (Phi) is 7.54. The van der Waals surface area contributed by atoms with Crippen molar-refractivity contribution in [2.24, 2.45) is 0 Å². The number of nitrogens with zero attached hydrogens (tertiary/aromatic N) is 1. The van der Waals surface area contributed by atoms with Crippen LogP contribution in [0.4, 0.5) is 4.39 Å². The van der Waals surface area contributed by atoms with Crippen LogP contribution >= 0.6 is 0 Å². The van der Waals surface area contributed by atoms with Crippen LogP contribution in [0.3, 0.4) is 0 Å². The van der Waals surface area contributed by atoms with Gasteiger partial charge in [0.15, 0.2) is 0 Å². The van der Waals surface area contributed by atoms with Gasteiger partial charge in [-0.3, -0.25) is 4.79 Å². The van der Waals surface area contributed by atoms with E-state index in [1.807, 2.05) is 39.0 Å². The fourth-order valence-electron chi connectivity index (χ4n) is 4.43. The van der Waals surface area contributed by atoms with Gasteiger partial charge in [-0.05, 0) is 43.5 Å². The van der Waals surface area contributed by atoms with Crippen LogP contribution in [0.5, 0.6) is 23.1 Å². The number of carbonyl (C=O) groups is 1. The lowest BCUT2D eigenvalue weighted by molar-refractivity contribution is -0.141. The van der Waals surface area contributed by atoms with Crippen LogP contribution in [-0.2, 0) is 16.0 Å². The number of carbonyl (C=O) groups excluding carboxylic acids is 1. The number of aryl methyl sites for hydroxylation is 1. The third-order valence-electron chi connectivity index (χ3n) is 6.12. The van der Waals surface area contributed by atoms with Gasteiger partial charge in [0.05, 0.1) is 20.1 Å². The highest BCUT2D eigenvalue weighted by Crippen LogP contribution is 2.44. The molecule has 1 aromatic heterocycles. The Morgan fingerprint density at radius 2 is 2.00 bits per heavy atom. The van der Waals surface area contributed by atoms with E-state index in [1.54, 1.807) is 24.4 Å². The van der Waals surface area contributed by atoms with Gasteiger partial charge in [-0.1, -0.05) is 26.0 Å². The molecule has 0 saturated carbocycles. The Labute approximate surface area is 205 Å². The van der Waals surface area contributed by atoms with Crippen LogP contribution in [0.2, 0.25) is 0 Å². The molecule has 1 aliphatic carbocycles. The third kappa shape index (κ3) is 5.24. The van der Waals surface area contributed by atoms with Crippen LogP contribution in [0.25, 0.3) is 0 Å². The van der Waals surface area contributed by atoms with E-state index in [4.69, 9.17) is 18.9 Å². The molecule has 3 aromatic rings. The van der Waals surface area contributed by atoms with Crippen LogP contribution in [-0.4, -0.2) is 24.7 Å². The lowest BCUT2D eigenvalue weighted by Crippen LogP contribution is -2.09. The molecule has 6 nitrogen and oxygen atoms in total. The Balaban J connectivity index is 0.00000141. The zero-order chi connectivity index (χ0) is 24.9. The lowest BCUT2D eigenvalue weighted by atomic mass is 9.98. The molecule has 0 bridgehead atoms. The number of fused-ring (bicyclic) bond motifs is 2. The summed E-state index contributed by atoms with van der Waals surface area (Å²) in [6, 6.07) is 12.3. The lowest BCUT2D eigenvalue weighted by Gasteiger charge is -2.17. The normalized spacial score (nSPS) is 17.4. The molecule has 0 amide bonds. The van der Waals surface area contributed by atoms with E-state index in [0.29, 0.717) is 48.1 Å². The molecular formula is C28H30FNO5. The summed E-state index contributed by atoms with van der Waals surface area (Å²) in [4.78, 5) is 15.9. The smallest absolute Gasteiger partial charge is 0.306 e. The quantitative estimate of drug-likeness (QED) is 0.378. The van der Waals surface area contributed by atoms with Gasteiger partial charge in [-0.25, -0.2) is 9.37 Å². The molecule has 0 unspecified atom stereocenters. The van der Waals surface area contributed by atoms with Gasteiger partial charge >= 0.3 is 5.97 Å². The minimum Gasteiger partial charge on any atom is -0.492 e. The van der Waals surface area contributed by atoms with Crippen molar-refractivity contribution < 1.29 is 28.1 Å². The molecule has 5 rings (SSSR count). The zero-order valence-electron chi connectivity index (χ0n) is 20.5. The molecule has 0 saturated heterocycles. The molecule has 2 atom stereocenters. The van der Waals surface area contributed by atoms with E-state index < -0.39 is 6.10 Å². The predicted molar refractivity (Wildman–Crippen MR) is 130 cm³/mol. The highest BCUT2D eigenvalue weighted by Gasteiger charge is 2.32. The summed E-state index contributed by atoms with van der Waals surface area (Å²) in [5.74, 6) is 1.72. The first-order valence-electron chi connectivity index (χ1n) is 11.9. The Bertz CT molecular complexity index is 1190. The van der Waals surface area contributed by atoms with Gasteiger partial charge in [0.1, 0.15) is 29.2 Å². The average molecular weight is 480 g/mol. The van der Waals surface area contributed by atoms with Crippen LogP contribution < -0.4 is 14.2 Å². The number of ether oxygens (including phenoxy) is 4. The van der Waals surface area contributed by atoms with Crippen LogP contribution in [0, 0.1) is 12.7 Å². The first kappa shape index (κ1) is 24.5. The summed E-state index contributed by atoms with van der Waals surface area (Å²) in [6.07, 6.45) is 2.85. The number of benzene rings is 2. The van der Waals surface area contributed by atoms with Gasteiger partial charge in [0, 0.05) is 40.9 Å². The molecule has 0 N–H and O–H groups in total. The highest BCUT2D eigenvalue weighted by atomic mass is 19.1. The van der Waals surface area contributed by atoms with Gasteiger partial charge in [-0.15, -0.1) is 0 Å². The van der Waals surface area contributed by atoms with Crippen molar-refractivity contribution in [2.45, 2.75) is 52.1 Å². The van der Waals surface area contributed by atoms with Crippen molar-refractivity contribution in [1.29, 1.82) is 0 Å². The minimum absolute atomic E-state index is 0.0405. The average Bonchev–Trinajstić information content (AvgIpc) is 3.48. The van der Waals surface area contributed by atoms with Crippen LogP contribution in [0.15, 0.2) is 48.7 Å². The third-order valence-corrected chi connectivity index (χ3v) is 6.12. The van der Waals surface area contributed by atoms with Crippen molar-refractivity contribution in [2.75, 3.05) is 13.7 Å². The Morgan fingerprint density at radius 3 is 2.74 bits per heavy atom. The van der Waals surface area contributed by atoms with Gasteiger partial charge in [0.2, 0.25) is 5.88 Å². The van der Waals surface area contributed by atoms with Gasteiger partial charge in [-0.2, -0.15) is 0 Å². The maximum Gasteiger partial charge on any atom is 0.306 e. The van der Waals surface area contributed by atoms with Crippen molar-refractivity contribution in [1.82, 2.24) is 4.98 Å². The second-order valence-corrected chi connectivity index (χ2v) is 8.35. The van der Waals surface area contributed by atoms with E-state index in [-0.39, 0.29) is 24.1 Å². The van der Waals surface area contributed by atoms with Gasteiger partial charge in [0.25, 0.3) is 0 Å². The fraction of sp³-hybridized carbons (Fsp3) is 0.357. The summed E-state index contributed by atoms with van der Waals surface area (Å²) < 4.78 is 37.5. The number of methoxy groups -OCH3 is 1.